The third-order valence-corrected chi connectivity index (χ3v) is 2.08. The summed E-state index contributed by atoms with van der Waals surface area (Å²) in [7, 11) is -2.32. The summed E-state index contributed by atoms with van der Waals surface area (Å²) in [6.07, 6.45) is -4.62. The number of alkyl halides is 3. The SMILES string of the molecule is C[C@H](n1nc(OB(O)O)c(C#N)c1N)C(F)(F)F. The Balaban J connectivity index is 3.24. The molecule has 0 fully saturated rings. The van der Waals surface area contributed by atoms with Crippen molar-refractivity contribution in [3.63, 3.8) is 0 Å². The summed E-state index contributed by atoms with van der Waals surface area (Å²) in [6, 6.07) is -0.612. The van der Waals surface area contributed by atoms with Gasteiger partial charge in [-0.25, -0.2) is 4.68 Å². The van der Waals surface area contributed by atoms with Gasteiger partial charge in [0.05, 0.1) is 0 Å². The molecule has 0 amide bonds. The number of halogens is 3. The van der Waals surface area contributed by atoms with E-state index in [1.165, 1.54) is 6.07 Å². The lowest BCUT2D eigenvalue weighted by Gasteiger charge is -2.16. The smallest absolute Gasteiger partial charge is 0.496 e. The minimum absolute atomic E-state index is 0.330. The third kappa shape index (κ3) is 2.66. The Bertz CT molecular complexity index is 482. The van der Waals surface area contributed by atoms with Crippen LogP contribution >= 0.6 is 0 Å². The first-order chi connectivity index (χ1) is 8.18. The minimum atomic E-state index is -4.62. The van der Waals surface area contributed by atoms with E-state index < -0.39 is 36.8 Å². The third-order valence-electron chi connectivity index (χ3n) is 2.08. The van der Waals surface area contributed by atoms with Crippen LogP contribution in [0.3, 0.4) is 0 Å². The molecular formula is C7H8BF3N4O3. The quantitative estimate of drug-likeness (QED) is 0.651. The van der Waals surface area contributed by atoms with Crippen LogP contribution in [-0.4, -0.2) is 33.3 Å². The molecule has 1 heterocycles. The van der Waals surface area contributed by atoms with E-state index in [1.807, 2.05) is 0 Å². The van der Waals surface area contributed by atoms with E-state index in [-0.39, 0.29) is 0 Å². The van der Waals surface area contributed by atoms with Crippen molar-refractivity contribution in [2.75, 3.05) is 5.73 Å². The zero-order valence-corrected chi connectivity index (χ0v) is 9.01. The molecule has 1 atom stereocenters. The number of hydrogen-bond acceptors (Lipinski definition) is 6. The molecule has 0 unspecified atom stereocenters. The number of hydrogen-bond donors (Lipinski definition) is 3. The van der Waals surface area contributed by atoms with Gasteiger partial charge in [0.25, 0.3) is 0 Å². The van der Waals surface area contributed by atoms with Gasteiger partial charge < -0.3 is 20.4 Å². The highest BCUT2D eigenvalue weighted by Crippen LogP contribution is 2.34. The Morgan fingerprint density at radius 1 is 1.56 bits per heavy atom. The normalized spacial score (nSPS) is 12.9. The average Bonchev–Trinajstić information content (AvgIpc) is 2.51. The number of aromatic nitrogens is 2. The molecule has 0 saturated heterocycles. The topological polar surface area (TPSA) is 117 Å². The molecule has 11 heteroatoms. The van der Waals surface area contributed by atoms with Crippen LogP contribution < -0.4 is 10.4 Å². The summed E-state index contributed by atoms with van der Waals surface area (Å²) in [5.41, 5.74) is 4.82. The number of nitrogens with zero attached hydrogens (tertiary/aromatic N) is 3. The first-order valence-corrected chi connectivity index (χ1v) is 4.56. The van der Waals surface area contributed by atoms with E-state index in [9.17, 15) is 13.2 Å². The first kappa shape index (κ1) is 14.1. The molecule has 1 rings (SSSR count). The first-order valence-electron chi connectivity index (χ1n) is 4.56. The molecule has 0 aliphatic carbocycles. The fourth-order valence-electron chi connectivity index (χ4n) is 1.15. The molecule has 7 nitrogen and oxygen atoms in total. The van der Waals surface area contributed by atoms with Crippen LogP contribution in [0.25, 0.3) is 0 Å². The van der Waals surface area contributed by atoms with E-state index in [4.69, 9.17) is 21.0 Å². The average molecular weight is 264 g/mol. The predicted octanol–water partition coefficient (Wildman–Crippen LogP) is -0.191. The van der Waals surface area contributed by atoms with Gasteiger partial charge in [-0.1, -0.05) is 0 Å². The van der Waals surface area contributed by atoms with Crippen LogP contribution in [0.5, 0.6) is 5.88 Å². The lowest BCUT2D eigenvalue weighted by molar-refractivity contribution is -0.164. The lowest BCUT2D eigenvalue weighted by Crippen LogP contribution is -2.26. The van der Waals surface area contributed by atoms with Crippen LogP contribution in [0.4, 0.5) is 19.0 Å². The second-order valence-corrected chi connectivity index (χ2v) is 3.28. The predicted molar refractivity (Wildman–Crippen MR) is 52.9 cm³/mol. The fraction of sp³-hybridized carbons (Fsp3) is 0.429. The summed E-state index contributed by atoms with van der Waals surface area (Å²) < 4.78 is 42.0. The molecule has 18 heavy (non-hydrogen) atoms. The van der Waals surface area contributed by atoms with Gasteiger partial charge in [-0.05, 0) is 6.92 Å². The highest BCUT2D eigenvalue weighted by Gasteiger charge is 2.40. The van der Waals surface area contributed by atoms with E-state index in [0.717, 1.165) is 6.92 Å². The molecule has 98 valence electrons. The maximum Gasteiger partial charge on any atom is 0.708 e. The highest BCUT2D eigenvalue weighted by molar-refractivity contribution is 6.33. The Morgan fingerprint density at radius 2 is 2.11 bits per heavy atom. The Labute approximate surface area is 99.4 Å². The second kappa shape index (κ2) is 4.75. The molecule has 0 aliphatic rings. The standard InChI is InChI=1S/C7H8BF3N4O3/c1-3(7(9,10)11)15-5(13)4(2-12)6(14-15)18-8(16)17/h3,16-17H,13H2,1H3/t3-/m0/s1. The molecule has 0 aromatic carbocycles. The van der Waals surface area contributed by atoms with Crippen molar-refractivity contribution in [3.8, 4) is 11.9 Å². The summed E-state index contributed by atoms with van der Waals surface area (Å²) in [6.45, 7) is 0.781. The largest absolute Gasteiger partial charge is 0.708 e. The summed E-state index contributed by atoms with van der Waals surface area (Å²) >= 11 is 0. The molecular weight excluding hydrogens is 256 g/mol. The zero-order valence-electron chi connectivity index (χ0n) is 9.01. The number of anilines is 1. The van der Waals surface area contributed by atoms with Crippen LogP contribution in [0.2, 0.25) is 0 Å². The van der Waals surface area contributed by atoms with Gasteiger partial charge in [0.2, 0.25) is 5.88 Å². The number of nitriles is 1. The van der Waals surface area contributed by atoms with Crippen LogP contribution in [0, 0.1) is 11.3 Å². The van der Waals surface area contributed by atoms with Crippen molar-refractivity contribution in [1.29, 1.82) is 5.26 Å². The van der Waals surface area contributed by atoms with Gasteiger partial charge in [-0.2, -0.15) is 18.4 Å². The number of nitrogens with two attached hydrogens (primary N) is 1. The molecule has 0 bridgehead atoms. The zero-order chi connectivity index (χ0) is 14.1. The lowest BCUT2D eigenvalue weighted by atomic mass is 10.2. The maximum atomic E-state index is 12.5. The van der Waals surface area contributed by atoms with Crippen molar-refractivity contribution < 1.29 is 27.9 Å². The number of nitrogen functional groups attached to an aromatic ring is 1. The summed E-state index contributed by atoms with van der Waals surface area (Å²) in [5, 5.41) is 29.1. The Morgan fingerprint density at radius 3 is 2.50 bits per heavy atom. The van der Waals surface area contributed by atoms with Gasteiger partial charge in [-0.3, -0.25) is 0 Å². The molecule has 0 aliphatic heterocycles. The molecule has 1 aromatic heterocycles. The molecule has 4 N–H and O–H groups in total. The van der Waals surface area contributed by atoms with Crippen molar-refractivity contribution in [2.45, 2.75) is 19.1 Å². The summed E-state index contributed by atoms with van der Waals surface area (Å²) in [4.78, 5) is 0. The van der Waals surface area contributed by atoms with E-state index >= 15 is 0 Å². The van der Waals surface area contributed by atoms with Gasteiger partial charge >= 0.3 is 13.5 Å². The fourth-order valence-corrected chi connectivity index (χ4v) is 1.15. The van der Waals surface area contributed by atoms with Crippen molar-refractivity contribution in [1.82, 2.24) is 9.78 Å². The molecule has 0 radical (unpaired) electrons. The van der Waals surface area contributed by atoms with Crippen LogP contribution in [0.15, 0.2) is 0 Å². The molecule has 0 spiro atoms. The Kier molecular flexibility index (Phi) is 3.73. The van der Waals surface area contributed by atoms with Crippen molar-refractivity contribution in [3.05, 3.63) is 5.56 Å². The van der Waals surface area contributed by atoms with Gasteiger partial charge in [0.15, 0.2) is 5.56 Å². The van der Waals surface area contributed by atoms with Crippen LogP contribution in [0.1, 0.15) is 18.5 Å². The van der Waals surface area contributed by atoms with Crippen LogP contribution in [-0.2, 0) is 0 Å². The monoisotopic (exact) mass is 264 g/mol. The molecule has 0 saturated carbocycles. The van der Waals surface area contributed by atoms with E-state index in [0.29, 0.717) is 4.68 Å². The minimum Gasteiger partial charge on any atom is -0.496 e. The van der Waals surface area contributed by atoms with Crippen molar-refractivity contribution in [2.24, 2.45) is 0 Å². The van der Waals surface area contributed by atoms with Gasteiger partial charge in [0, 0.05) is 0 Å². The van der Waals surface area contributed by atoms with E-state index in [2.05, 4.69) is 9.75 Å². The number of rotatable bonds is 3. The summed E-state index contributed by atoms with van der Waals surface area (Å²) in [5.74, 6) is -1.25. The molecule has 1 aromatic rings. The van der Waals surface area contributed by atoms with E-state index in [1.54, 1.807) is 0 Å². The highest BCUT2D eigenvalue weighted by atomic mass is 19.4. The van der Waals surface area contributed by atoms with Gasteiger partial charge in [-0.15, -0.1) is 5.10 Å². The van der Waals surface area contributed by atoms with Crippen molar-refractivity contribution >= 4 is 13.1 Å². The maximum absolute atomic E-state index is 12.5. The van der Waals surface area contributed by atoms with Gasteiger partial charge in [0.1, 0.15) is 17.9 Å². The Hall–Kier alpha value is -1.93. The second-order valence-electron chi connectivity index (χ2n) is 3.28.